The molecule has 2 rings (SSSR count). The number of aromatic nitrogens is 2. The molecule has 110 valence electrons. The summed E-state index contributed by atoms with van der Waals surface area (Å²) >= 11 is 7.55. The van der Waals surface area contributed by atoms with Crippen LogP contribution in [0.15, 0.2) is 11.4 Å². The first-order valence-electron chi connectivity index (χ1n) is 5.91. The second-order valence-electron chi connectivity index (χ2n) is 4.14. The van der Waals surface area contributed by atoms with Crippen molar-refractivity contribution in [2.45, 2.75) is 13.8 Å². The van der Waals surface area contributed by atoms with E-state index in [9.17, 15) is 9.59 Å². The Morgan fingerprint density at radius 2 is 2.05 bits per heavy atom. The number of rotatable bonds is 3. The van der Waals surface area contributed by atoms with Crippen LogP contribution < -0.4 is 5.32 Å². The molecule has 1 amide bonds. The van der Waals surface area contributed by atoms with E-state index < -0.39 is 5.97 Å². The number of aryl methyl sites for hydroxylation is 1. The van der Waals surface area contributed by atoms with E-state index in [1.54, 1.807) is 6.07 Å². The largest absolute Gasteiger partial charge is 0.464 e. The monoisotopic (exact) mass is 325 g/mol. The number of carbonyl (C=O) groups is 2. The van der Waals surface area contributed by atoms with Crippen LogP contribution in [0.3, 0.4) is 0 Å². The van der Waals surface area contributed by atoms with Gasteiger partial charge < -0.3 is 10.1 Å². The topological polar surface area (TPSA) is 81.2 Å². The summed E-state index contributed by atoms with van der Waals surface area (Å²) in [4.78, 5) is 31.5. The Morgan fingerprint density at radius 1 is 1.33 bits per heavy atom. The Labute approximate surface area is 130 Å². The third kappa shape index (κ3) is 3.37. The van der Waals surface area contributed by atoms with Crippen LogP contribution in [0.2, 0.25) is 5.02 Å². The molecule has 2 heterocycles. The third-order valence-corrected chi connectivity index (χ3v) is 3.68. The maximum absolute atomic E-state index is 11.8. The standard InChI is InChI=1S/C13H12ClN3O3S/c1-6(18)15-9-4-8(10-5-21-7(2)16-10)17-12(11(9)14)13(19)20-3/h4-5H,1-3H3,(H,15,17,18). The smallest absolute Gasteiger partial charge is 0.358 e. The molecule has 0 aliphatic heterocycles. The molecule has 0 aliphatic rings. The van der Waals surface area contributed by atoms with Gasteiger partial charge in [-0.3, -0.25) is 4.79 Å². The molecule has 1 N–H and O–H groups in total. The highest BCUT2D eigenvalue weighted by Crippen LogP contribution is 2.31. The molecule has 0 spiro atoms. The molecule has 0 unspecified atom stereocenters. The van der Waals surface area contributed by atoms with Crippen LogP contribution in [0.4, 0.5) is 5.69 Å². The van der Waals surface area contributed by atoms with Crippen LogP contribution in [-0.2, 0) is 9.53 Å². The van der Waals surface area contributed by atoms with Crippen molar-refractivity contribution in [2.24, 2.45) is 0 Å². The highest BCUT2D eigenvalue weighted by Gasteiger charge is 2.20. The fourth-order valence-electron chi connectivity index (χ4n) is 1.65. The Hall–Kier alpha value is -1.99. The van der Waals surface area contributed by atoms with Crippen molar-refractivity contribution in [3.8, 4) is 11.4 Å². The number of carbonyl (C=O) groups excluding carboxylic acids is 2. The summed E-state index contributed by atoms with van der Waals surface area (Å²) in [6.07, 6.45) is 0. The van der Waals surface area contributed by atoms with E-state index in [0.717, 1.165) is 5.01 Å². The SMILES string of the molecule is COC(=O)c1nc(-c2csc(C)n2)cc(NC(C)=O)c1Cl. The minimum atomic E-state index is -0.680. The molecule has 0 aromatic carbocycles. The summed E-state index contributed by atoms with van der Waals surface area (Å²) in [5.41, 5.74) is 1.27. The fourth-order valence-corrected chi connectivity index (χ4v) is 2.48. The first-order chi connectivity index (χ1) is 9.92. The second-order valence-corrected chi connectivity index (χ2v) is 5.58. The third-order valence-electron chi connectivity index (χ3n) is 2.53. The molecule has 0 radical (unpaired) electrons. The average Bonchev–Trinajstić information content (AvgIpc) is 2.86. The Bertz CT molecular complexity index is 715. The lowest BCUT2D eigenvalue weighted by Crippen LogP contribution is -2.12. The Kier molecular flexibility index (Phi) is 4.54. The number of anilines is 1. The summed E-state index contributed by atoms with van der Waals surface area (Å²) in [5.74, 6) is -0.986. The quantitative estimate of drug-likeness (QED) is 0.877. The number of esters is 1. The molecule has 0 saturated heterocycles. The molecule has 0 atom stereocenters. The summed E-state index contributed by atoms with van der Waals surface area (Å²) < 4.78 is 4.66. The van der Waals surface area contributed by atoms with Crippen molar-refractivity contribution in [2.75, 3.05) is 12.4 Å². The number of hydrogen-bond acceptors (Lipinski definition) is 6. The van der Waals surface area contributed by atoms with Gasteiger partial charge in [0.05, 0.1) is 34.2 Å². The van der Waals surface area contributed by atoms with Gasteiger partial charge in [0, 0.05) is 12.3 Å². The van der Waals surface area contributed by atoms with Crippen molar-refractivity contribution in [3.05, 3.63) is 27.2 Å². The molecule has 2 aromatic rings. The van der Waals surface area contributed by atoms with E-state index in [1.165, 1.54) is 25.4 Å². The minimum Gasteiger partial charge on any atom is -0.464 e. The molecule has 6 nitrogen and oxygen atoms in total. The van der Waals surface area contributed by atoms with Crippen LogP contribution >= 0.6 is 22.9 Å². The number of hydrogen-bond donors (Lipinski definition) is 1. The van der Waals surface area contributed by atoms with E-state index in [2.05, 4.69) is 20.0 Å². The summed E-state index contributed by atoms with van der Waals surface area (Å²) in [5, 5.41) is 5.27. The minimum absolute atomic E-state index is 0.0350. The predicted molar refractivity (Wildman–Crippen MR) is 80.7 cm³/mol. The van der Waals surface area contributed by atoms with Gasteiger partial charge in [-0.15, -0.1) is 11.3 Å². The van der Waals surface area contributed by atoms with Crippen LogP contribution in [-0.4, -0.2) is 29.0 Å². The molecule has 0 aliphatic carbocycles. The summed E-state index contributed by atoms with van der Waals surface area (Å²) in [6, 6.07) is 1.57. The van der Waals surface area contributed by atoms with Gasteiger partial charge in [-0.2, -0.15) is 0 Å². The first kappa shape index (κ1) is 15.4. The zero-order chi connectivity index (χ0) is 15.6. The molecule has 21 heavy (non-hydrogen) atoms. The highest BCUT2D eigenvalue weighted by molar-refractivity contribution is 7.09. The number of nitrogens with one attached hydrogen (secondary N) is 1. The van der Waals surface area contributed by atoms with Crippen molar-refractivity contribution < 1.29 is 14.3 Å². The fraction of sp³-hybridized carbons (Fsp3) is 0.231. The van der Waals surface area contributed by atoms with Crippen LogP contribution in [0.5, 0.6) is 0 Å². The molecule has 0 saturated carbocycles. The van der Waals surface area contributed by atoms with Gasteiger partial charge >= 0.3 is 5.97 Å². The van der Waals surface area contributed by atoms with Crippen LogP contribution in [0, 0.1) is 6.92 Å². The van der Waals surface area contributed by atoms with Gasteiger partial charge in [-0.1, -0.05) is 11.6 Å². The first-order valence-corrected chi connectivity index (χ1v) is 7.17. The zero-order valence-electron chi connectivity index (χ0n) is 11.6. The number of ether oxygens (including phenoxy) is 1. The summed E-state index contributed by atoms with van der Waals surface area (Å²) in [7, 11) is 1.23. The van der Waals surface area contributed by atoms with E-state index in [-0.39, 0.29) is 16.6 Å². The van der Waals surface area contributed by atoms with Crippen molar-refractivity contribution in [1.29, 1.82) is 0 Å². The van der Waals surface area contributed by atoms with Gasteiger partial charge in [-0.05, 0) is 13.0 Å². The second kappa shape index (κ2) is 6.19. The lowest BCUT2D eigenvalue weighted by atomic mass is 10.2. The van der Waals surface area contributed by atoms with Crippen molar-refractivity contribution in [1.82, 2.24) is 9.97 Å². The summed E-state index contributed by atoms with van der Waals surface area (Å²) in [6.45, 7) is 3.21. The Balaban J connectivity index is 2.60. The molecule has 0 fully saturated rings. The van der Waals surface area contributed by atoms with E-state index in [1.807, 2.05) is 12.3 Å². The lowest BCUT2D eigenvalue weighted by molar-refractivity contribution is -0.114. The number of amides is 1. The number of thiazole rings is 1. The van der Waals surface area contributed by atoms with Gasteiger partial charge in [0.15, 0.2) is 5.69 Å². The van der Waals surface area contributed by atoms with Crippen LogP contribution in [0.1, 0.15) is 22.4 Å². The number of nitrogens with zero attached hydrogens (tertiary/aromatic N) is 2. The molecular formula is C13H12ClN3O3S. The normalized spacial score (nSPS) is 10.3. The van der Waals surface area contributed by atoms with E-state index in [4.69, 9.17) is 11.6 Å². The zero-order valence-corrected chi connectivity index (χ0v) is 13.1. The van der Waals surface area contributed by atoms with Crippen molar-refractivity contribution in [3.63, 3.8) is 0 Å². The molecule has 8 heteroatoms. The Morgan fingerprint density at radius 3 is 2.57 bits per heavy atom. The maximum Gasteiger partial charge on any atom is 0.358 e. The number of methoxy groups -OCH3 is 1. The number of pyridine rings is 1. The molecule has 0 bridgehead atoms. The van der Waals surface area contributed by atoms with Gasteiger partial charge in [0.25, 0.3) is 0 Å². The van der Waals surface area contributed by atoms with E-state index >= 15 is 0 Å². The molecule has 2 aromatic heterocycles. The van der Waals surface area contributed by atoms with Crippen LogP contribution in [0.25, 0.3) is 11.4 Å². The average molecular weight is 326 g/mol. The molecular weight excluding hydrogens is 314 g/mol. The predicted octanol–water partition coefficient (Wildman–Crippen LogP) is 2.91. The highest BCUT2D eigenvalue weighted by atomic mass is 35.5. The van der Waals surface area contributed by atoms with Crippen molar-refractivity contribution >= 4 is 40.5 Å². The maximum atomic E-state index is 11.8. The number of halogens is 1. The van der Waals surface area contributed by atoms with Gasteiger partial charge in [0.1, 0.15) is 0 Å². The van der Waals surface area contributed by atoms with E-state index in [0.29, 0.717) is 17.1 Å². The van der Waals surface area contributed by atoms with Gasteiger partial charge in [0.2, 0.25) is 5.91 Å². The van der Waals surface area contributed by atoms with Gasteiger partial charge in [-0.25, -0.2) is 14.8 Å². The lowest BCUT2D eigenvalue weighted by Gasteiger charge is -2.10.